The van der Waals surface area contributed by atoms with E-state index < -0.39 is 5.97 Å². The molecule has 2 aromatic rings. The lowest BCUT2D eigenvalue weighted by atomic mass is 10.1. The van der Waals surface area contributed by atoms with Gasteiger partial charge in [-0.2, -0.15) is 0 Å². The van der Waals surface area contributed by atoms with Gasteiger partial charge in [0.2, 0.25) is 0 Å². The highest BCUT2D eigenvalue weighted by Crippen LogP contribution is 2.29. The third kappa shape index (κ3) is 3.22. The van der Waals surface area contributed by atoms with E-state index in [1.807, 2.05) is 31.2 Å². The largest absolute Gasteiger partial charge is 0.478 e. The van der Waals surface area contributed by atoms with Crippen LogP contribution in [0.2, 0.25) is 5.02 Å². The smallest absolute Gasteiger partial charge is 0.337 e. The number of hydrogen-bond donors (Lipinski definition) is 3. The van der Waals surface area contributed by atoms with Crippen molar-refractivity contribution in [2.24, 2.45) is 0 Å². The van der Waals surface area contributed by atoms with E-state index >= 15 is 0 Å². The van der Waals surface area contributed by atoms with Crippen molar-refractivity contribution in [1.29, 1.82) is 0 Å². The predicted molar refractivity (Wildman–Crippen MR) is 81.3 cm³/mol. The third-order valence-electron chi connectivity index (χ3n) is 2.93. The van der Waals surface area contributed by atoms with Gasteiger partial charge in [0.15, 0.2) is 0 Å². The van der Waals surface area contributed by atoms with Crippen LogP contribution in [0.1, 0.15) is 21.5 Å². The van der Waals surface area contributed by atoms with E-state index in [9.17, 15) is 9.90 Å². The summed E-state index contributed by atoms with van der Waals surface area (Å²) in [6.07, 6.45) is 0. The number of anilines is 2. The summed E-state index contributed by atoms with van der Waals surface area (Å²) in [5.74, 6) is -1.06. The molecule has 0 atom stereocenters. The standard InChI is InChI=1S/C15H15ClN2O2/c1-9-2-4-10(5-3-9)8-18-14-12(15(19)20)6-11(17)7-13(14)16/h2-7,18H,8,17H2,1H3,(H,19,20). The maximum atomic E-state index is 11.2. The maximum absolute atomic E-state index is 11.2. The van der Waals surface area contributed by atoms with Gasteiger partial charge in [0.1, 0.15) is 0 Å². The number of carboxylic acid groups (broad SMARTS) is 1. The van der Waals surface area contributed by atoms with Crippen LogP contribution >= 0.6 is 11.6 Å². The molecule has 0 saturated carbocycles. The molecule has 0 unspecified atom stereocenters. The zero-order valence-electron chi connectivity index (χ0n) is 11.0. The molecule has 0 amide bonds. The molecule has 0 aliphatic carbocycles. The summed E-state index contributed by atoms with van der Waals surface area (Å²) in [5.41, 5.74) is 8.61. The Morgan fingerprint density at radius 1 is 1.30 bits per heavy atom. The highest BCUT2D eigenvalue weighted by molar-refractivity contribution is 6.34. The normalized spacial score (nSPS) is 10.3. The molecule has 20 heavy (non-hydrogen) atoms. The molecule has 4 nitrogen and oxygen atoms in total. The topological polar surface area (TPSA) is 75.3 Å². The van der Waals surface area contributed by atoms with Crippen LogP contribution in [0.25, 0.3) is 0 Å². The first kappa shape index (κ1) is 14.2. The fraction of sp³-hybridized carbons (Fsp3) is 0.133. The molecule has 2 rings (SSSR count). The Morgan fingerprint density at radius 2 is 1.95 bits per heavy atom. The number of benzene rings is 2. The molecule has 104 valence electrons. The fourth-order valence-corrected chi connectivity index (χ4v) is 2.17. The van der Waals surface area contributed by atoms with Crippen molar-refractivity contribution in [1.82, 2.24) is 0 Å². The zero-order valence-corrected chi connectivity index (χ0v) is 11.7. The Hall–Kier alpha value is -2.20. The first-order chi connectivity index (χ1) is 9.47. The quantitative estimate of drug-likeness (QED) is 0.753. The second-order valence-corrected chi connectivity index (χ2v) is 4.98. The van der Waals surface area contributed by atoms with E-state index in [1.54, 1.807) is 0 Å². The Labute approximate surface area is 122 Å². The fourth-order valence-electron chi connectivity index (χ4n) is 1.87. The van der Waals surface area contributed by atoms with Crippen molar-refractivity contribution >= 4 is 28.9 Å². The molecule has 0 bridgehead atoms. The second-order valence-electron chi connectivity index (χ2n) is 4.57. The number of nitrogens with one attached hydrogen (secondary N) is 1. The molecule has 2 aromatic carbocycles. The minimum atomic E-state index is -1.06. The molecular weight excluding hydrogens is 276 g/mol. The summed E-state index contributed by atoms with van der Waals surface area (Å²) < 4.78 is 0. The van der Waals surface area contributed by atoms with Crippen LogP contribution in [0.15, 0.2) is 36.4 Å². The van der Waals surface area contributed by atoms with E-state index in [0.29, 0.717) is 22.9 Å². The van der Waals surface area contributed by atoms with Crippen molar-refractivity contribution in [2.45, 2.75) is 13.5 Å². The van der Waals surface area contributed by atoms with Gasteiger partial charge in [-0.15, -0.1) is 0 Å². The van der Waals surface area contributed by atoms with Gasteiger partial charge < -0.3 is 16.2 Å². The molecule has 5 heteroatoms. The number of nitrogen functional groups attached to an aromatic ring is 1. The van der Waals surface area contributed by atoms with Crippen LogP contribution in [-0.2, 0) is 6.54 Å². The number of halogens is 1. The molecule has 0 aliphatic heterocycles. The lowest BCUT2D eigenvalue weighted by Crippen LogP contribution is -2.08. The summed E-state index contributed by atoms with van der Waals surface area (Å²) >= 11 is 6.06. The first-order valence-corrected chi connectivity index (χ1v) is 6.47. The van der Waals surface area contributed by atoms with E-state index in [-0.39, 0.29) is 5.56 Å². The highest BCUT2D eigenvalue weighted by Gasteiger charge is 2.14. The van der Waals surface area contributed by atoms with E-state index in [2.05, 4.69) is 5.32 Å². The van der Waals surface area contributed by atoms with Crippen LogP contribution in [0.5, 0.6) is 0 Å². The van der Waals surface area contributed by atoms with Gasteiger partial charge in [0.25, 0.3) is 0 Å². The molecule has 0 radical (unpaired) electrons. The number of hydrogen-bond acceptors (Lipinski definition) is 3. The van der Waals surface area contributed by atoms with E-state index in [1.165, 1.54) is 17.7 Å². The molecule has 4 N–H and O–H groups in total. The number of rotatable bonds is 4. The van der Waals surface area contributed by atoms with E-state index in [0.717, 1.165) is 5.56 Å². The number of carboxylic acids is 1. The van der Waals surface area contributed by atoms with Crippen LogP contribution in [0.4, 0.5) is 11.4 Å². The predicted octanol–water partition coefficient (Wildman–Crippen LogP) is 3.54. The van der Waals surface area contributed by atoms with Gasteiger partial charge in [-0.25, -0.2) is 4.79 Å². The van der Waals surface area contributed by atoms with Crippen molar-refractivity contribution in [3.63, 3.8) is 0 Å². The summed E-state index contributed by atoms with van der Waals surface area (Å²) in [6, 6.07) is 10.9. The van der Waals surface area contributed by atoms with Crippen molar-refractivity contribution in [3.05, 3.63) is 58.1 Å². The number of nitrogens with two attached hydrogens (primary N) is 1. The maximum Gasteiger partial charge on any atom is 0.337 e. The van der Waals surface area contributed by atoms with Crippen LogP contribution in [0.3, 0.4) is 0 Å². The van der Waals surface area contributed by atoms with Gasteiger partial charge in [0, 0.05) is 12.2 Å². The summed E-state index contributed by atoms with van der Waals surface area (Å²) in [7, 11) is 0. The van der Waals surface area contributed by atoms with Crippen LogP contribution in [-0.4, -0.2) is 11.1 Å². The molecule has 0 aliphatic rings. The molecule has 0 heterocycles. The zero-order chi connectivity index (χ0) is 14.7. The van der Waals surface area contributed by atoms with Crippen LogP contribution in [0, 0.1) is 6.92 Å². The summed E-state index contributed by atoms with van der Waals surface area (Å²) in [5, 5.41) is 12.6. The molecule has 0 spiro atoms. The first-order valence-electron chi connectivity index (χ1n) is 6.09. The van der Waals surface area contributed by atoms with Gasteiger partial charge in [-0.05, 0) is 24.6 Å². The Kier molecular flexibility index (Phi) is 4.15. The summed E-state index contributed by atoms with van der Waals surface area (Å²) in [4.78, 5) is 11.2. The van der Waals surface area contributed by atoms with Crippen molar-refractivity contribution in [2.75, 3.05) is 11.1 Å². The monoisotopic (exact) mass is 290 g/mol. The van der Waals surface area contributed by atoms with Crippen molar-refractivity contribution < 1.29 is 9.90 Å². The van der Waals surface area contributed by atoms with Crippen molar-refractivity contribution in [3.8, 4) is 0 Å². The van der Waals surface area contributed by atoms with Gasteiger partial charge in [0.05, 0.1) is 16.3 Å². The highest BCUT2D eigenvalue weighted by atomic mass is 35.5. The lowest BCUT2D eigenvalue weighted by molar-refractivity contribution is 0.0698. The molecule has 0 saturated heterocycles. The van der Waals surface area contributed by atoms with Crippen LogP contribution < -0.4 is 11.1 Å². The summed E-state index contributed by atoms with van der Waals surface area (Å²) in [6.45, 7) is 2.50. The molecule has 0 fully saturated rings. The molecule has 0 aromatic heterocycles. The average molecular weight is 291 g/mol. The Morgan fingerprint density at radius 3 is 2.55 bits per heavy atom. The number of aromatic carboxylic acids is 1. The Balaban J connectivity index is 2.24. The Bertz CT molecular complexity index is 639. The van der Waals surface area contributed by atoms with Gasteiger partial charge in [-0.1, -0.05) is 41.4 Å². The van der Waals surface area contributed by atoms with Gasteiger partial charge >= 0.3 is 5.97 Å². The SMILES string of the molecule is Cc1ccc(CNc2c(Cl)cc(N)cc2C(=O)O)cc1. The number of aryl methyl sites for hydroxylation is 1. The minimum absolute atomic E-state index is 0.0714. The minimum Gasteiger partial charge on any atom is -0.478 e. The second kappa shape index (κ2) is 5.84. The molecular formula is C15H15ClN2O2. The van der Waals surface area contributed by atoms with E-state index in [4.69, 9.17) is 17.3 Å². The van der Waals surface area contributed by atoms with Gasteiger partial charge in [-0.3, -0.25) is 0 Å². The number of carbonyl (C=O) groups is 1. The lowest BCUT2D eigenvalue weighted by Gasteiger charge is -2.12. The average Bonchev–Trinajstić information content (AvgIpc) is 2.38. The third-order valence-corrected chi connectivity index (χ3v) is 3.23.